The van der Waals surface area contributed by atoms with Gasteiger partial charge >= 0.3 is 7.60 Å². The summed E-state index contributed by atoms with van der Waals surface area (Å²) < 4.78 is 14.2. The largest absolute Gasteiger partial charge is 0.549 e. The molecule has 1 unspecified atom stereocenters. The highest BCUT2D eigenvalue weighted by atomic mass is 31.2. The van der Waals surface area contributed by atoms with E-state index in [2.05, 4.69) is 4.52 Å². The molecule has 0 saturated heterocycles. The standard InChI is InChI=1S/C3H7O5P.H3N/c1-8-9(6,7)2-3(4)5;/h2H2,1H3,(H,4,5)(H,6,7);1H3. The molecule has 1 atom stereocenters. The smallest absolute Gasteiger partial charge is 0.333 e. The van der Waals surface area contributed by atoms with Crippen molar-refractivity contribution >= 4 is 13.6 Å². The maximum absolute atomic E-state index is 10.3. The Labute approximate surface area is 57.9 Å². The maximum Gasteiger partial charge on any atom is 0.333 e. The second kappa shape index (κ2) is 4.40. The minimum atomic E-state index is -3.89. The van der Waals surface area contributed by atoms with E-state index < -0.39 is 19.7 Å². The summed E-state index contributed by atoms with van der Waals surface area (Å²) in [7, 11) is -2.93. The van der Waals surface area contributed by atoms with Gasteiger partial charge in [-0.1, -0.05) is 0 Å². The fraction of sp³-hybridized carbons (Fsp3) is 0.667. The summed E-state index contributed by atoms with van der Waals surface area (Å²) in [5.74, 6) is -1.59. The predicted octanol–water partition coefficient (Wildman–Crippen LogP) is -1.06. The Morgan fingerprint density at radius 2 is 2.20 bits per heavy atom. The third-order valence-corrected chi connectivity index (χ3v) is 1.84. The molecule has 6 nitrogen and oxygen atoms in total. The zero-order chi connectivity index (χ0) is 7.49. The van der Waals surface area contributed by atoms with Crippen LogP contribution in [-0.2, 0) is 13.9 Å². The Balaban J connectivity index is 0. The van der Waals surface area contributed by atoms with Crippen molar-refractivity contribution in [2.24, 2.45) is 0 Å². The van der Waals surface area contributed by atoms with Gasteiger partial charge in [-0.3, -0.25) is 4.57 Å². The van der Waals surface area contributed by atoms with E-state index in [0.29, 0.717) is 0 Å². The van der Waals surface area contributed by atoms with Crippen molar-refractivity contribution in [3.8, 4) is 0 Å². The molecule has 0 aliphatic carbocycles. The van der Waals surface area contributed by atoms with E-state index in [1.54, 1.807) is 0 Å². The Kier molecular flexibility index (Phi) is 5.41. The lowest BCUT2D eigenvalue weighted by Crippen LogP contribution is -2.26. The molecule has 0 heterocycles. The molecule has 0 spiro atoms. The molecule has 0 aromatic carbocycles. The third kappa shape index (κ3) is 5.71. The van der Waals surface area contributed by atoms with Crippen molar-refractivity contribution in [3.63, 3.8) is 0 Å². The molecule has 0 aliphatic heterocycles. The summed E-state index contributed by atoms with van der Waals surface area (Å²) in [5.41, 5.74) is 0. The first-order valence-electron chi connectivity index (χ1n) is 2.05. The van der Waals surface area contributed by atoms with E-state index in [1.807, 2.05) is 0 Å². The van der Waals surface area contributed by atoms with E-state index in [9.17, 15) is 14.5 Å². The normalized spacial score (nSPS) is 15.0. The molecule has 0 amide bonds. The number of carboxylic acids is 1. The average molecular weight is 171 g/mol. The molecule has 5 N–H and O–H groups in total. The van der Waals surface area contributed by atoms with Gasteiger partial charge in [0.25, 0.3) is 0 Å². The van der Waals surface area contributed by atoms with E-state index in [-0.39, 0.29) is 6.15 Å². The molecule has 0 bridgehead atoms. The van der Waals surface area contributed by atoms with Gasteiger partial charge in [0.15, 0.2) is 0 Å². The van der Waals surface area contributed by atoms with Gasteiger partial charge in [0, 0.05) is 7.11 Å². The first-order chi connectivity index (χ1) is 3.98. The molecular formula is C3H10NO5P. The van der Waals surface area contributed by atoms with E-state index in [1.165, 1.54) is 0 Å². The van der Waals surface area contributed by atoms with E-state index in [0.717, 1.165) is 7.11 Å². The van der Waals surface area contributed by atoms with Crippen molar-refractivity contribution in [3.05, 3.63) is 0 Å². The first-order valence-corrected chi connectivity index (χ1v) is 3.81. The monoisotopic (exact) mass is 171 g/mol. The van der Waals surface area contributed by atoms with Crippen LogP contribution >= 0.6 is 7.60 Å². The van der Waals surface area contributed by atoms with Crippen LogP contribution in [0.25, 0.3) is 0 Å². The minimum Gasteiger partial charge on any atom is -0.549 e. The minimum absolute atomic E-state index is 0. The molecule has 0 aliphatic rings. The summed E-state index contributed by atoms with van der Waals surface area (Å²) in [6.45, 7) is 0. The van der Waals surface area contributed by atoms with E-state index in [4.69, 9.17) is 4.89 Å². The van der Waals surface area contributed by atoms with Gasteiger partial charge in [-0.25, -0.2) is 0 Å². The highest BCUT2D eigenvalue weighted by Crippen LogP contribution is 2.39. The number of quaternary nitrogens is 1. The Morgan fingerprint density at radius 1 is 1.80 bits per heavy atom. The summed E-state index contributed by atoms with van der Waals surface area (Å²) in [5, 5.41) is 9.65. The zero-order valence-corrected chi connectivity index (χ0v) is 6.63. The van der Waals surface area contributed by atoms with Crippen LogP contribution in [0.3, 0.4) is 0 Å². The van der Waals surface area contributed by atoms with Gasteiger partial charge in [0.05, 0.1) is 12.1 Å². The number of rotatable bonds is 3. The van der Waals surface area contributed by atoms with Crippen molar-refractivity contribution in [1.82, 2.24) is 6.15 Å². The Bertz CT molecular complexity index is 157. The van der Waals surface area contributed by atoms with Crippen LogP contribution in [-0.4, -0.2) is 24.1 Å². The highest BCUT2D eigenvalue weighted by molar-refractivity contribution is 7.53. The van der Waals surface area contributed by atoms with Crippen LogP contribution in [0.5, 0.6) is 0 Å². The molecule has 0 saturated carbocycles. The second-order valence-electron chi connectivity index (χ2n) is 1.35. The van der Waals surface area contributed by atoms with Crippen LogP contribution in [0.15, 0.2) is 0 Å². The average Bonchev–Trinajstić information content (AvgIpc) is 1.63. The van der Waals surface area contributed by atoms with Crippen LogP contribution < -0.4 is 11.3 Å². The maximum atomic E-state index is 10.3. The molecule has 10 heavy (non-hydrogen) atoms. The second-order valence-corrected chi connectivity index (χ2v) is 3.31. The summed E-state index contributed by atoms with van der Waals surface area (Å²) in [4.78, 5) is 18.1. The molecule has 62 valence electrons. The number of hydrogen-bond donors (Lipinski definition) is 2. The third-order valence-electron chi connectivity index (χ3n) is 0.614. The van der Waals surface area contributed by atoms with Crippen LogP contribution in [0, 0.1) is 0 Å². The van der Waals surface area contributed by atoms with Gasteiger partial charge < -0.3 is 25.5 Å². The summed E-state index contributed by atoms with van der Waals surface area (Å²) in [6, 6.07) is 0. The lowest BCUT2D eigenvalue weighted by atomic mass is 10.8. The Hall–Kier alpha value is -0.420. The van der Waals surface area contributed by atoms with Crippen molar-refractivity contribution in [2.75, 3.05) is 13.3 Å². The van der Waals surface area contributed by atoms with Gasteiger partial charge in [0.1, 0.15) is 0 Å². The lowest BCUT2D eigenvalue weighted by Gasteiger charge is -2.07. The predicted molar refractivity (Wildman–Crippen MR) is 32.7 cm³/mol. The molecule has 7 heteroatoms. The fourth-order valence-electron chi connectivity index (χ4n) is 0.228. The molecule has 0 fully saturated rings. The molecule has 0 aromatic heterocycles. The van der Waals surface area contributed by atoms with Crippen molar-refractivity contribution in [1.29, 1.82) is 0 Å². The van der Waals surface area contributed by atoms with Gasteiger partial charge in [0.2, 0.25) is 0 Å². The van der Waals surface area contributed by atoms with Crippen molar-refractivity contribution in [2.45, 2.75) is 0 Å². The van der Waals surface area contributed by atoms with Gasteiger partial charge in [-0.05, 0) is 0 Å². The molecule has 0 aromatic rings. The highest BCUT2D eigenvalue weighted by Gasteiger charge is 2.16. The van der Waals surface area contributed by atoms with Crippen LogP contribution in [0.4, 0.5) is 0 Å². The van der Waals surface area contributed by atoms with Gasteiger partial charge in [-0.2, -0.15) is 0 Å². The molecule has 0 rings (SSSR count). The SMILES string of the molecule is COP(=O)(O)CC(=O)[O-].[NH4+]. The number of aliphatic carboxylic acids is 1. The Morgan fingerprint density at radius 3 is 2.30 bits per heavy atom. The summed E-state index contributed by atoms with van der Waals surface area (Å²) >= 11 is 0. The number of carboxylic acid groups (broad SMARTS) is 1. The number of hydrogen-bond acceptors (Lipinski definition) is 4. The first kappa shape index (κ1) is 12.3. The number of carbonyl (C=O) groups is 1. The van der Waals surface area contributed by atoms with Crippen LogP contribution in [0.1, 0.15) is 0 Å². The fourth-order valence-corrected chi connectivity index (χ4v) is 0.683. The quantitative estimate of drug-likeness (QED) is 0.524. The van der Waals surface area contributed by atoms with Crippen LogP contribution in [0.2, 0.25) is 0 Å². The lowest BCUT2D eigenvalue weighted by molar-refractivity contribution is -0.301. The molecular weight excluding hydrogens is 161 g/mol. The zero-order valence-electron chi connectivity index (χ0n) is 5.73. The van der Waals surface area contributed by atoms with Crippen molar-refractivity contribution < 1.29 is 23.9 Å². The number of carbonyl (C=O) groups excluding carboxylic acids is 1. The van der Waals surface area contributed by atoms with E-state index >= 15 is 0 Å². The topological polar surface area (TPSA) is 123 Å². The van der Waals surface area contributed by atoms with Gasteiger partial charge in [-0.15, -0.1) is 0 Å². The summed E-state index contributed by atoms with van der Waals surface area (Å²) in [6.07, 6.45) is -0.955. The molecule has 0 radical (unpaired) electrons.